The topological polar surface area (TPSA) is 132 Å². The van der Waals surface area contributed by atoms with Gasteiger partial charge < -0.3 is 20.4 Å². The van der Waals surface area contributed by atoms with E-state index in [1.807, 2.05) is 13.8 Å². The summed E-state index contributed by atoms with van der Waals surface area (Å²) >= 11 is 0. The first-order chi connectivity index (χ1) is 21.2. The Morgan fingerprint density at radius 3 is 2.31 bits per heavy atom. The van der Waals surface area contributed by atoms with Crippen LogP contribution in [-0.4, -0.2) is 56.3 Å². The second-order valence-electron chi connectivity index (χ2n) is 16.8. The number of ketones is 2. The summed E-state index contributed by atoms with van der Waals surface area (Å²) in [6.45, 7) is 7.68. The number of carbonyl (C=O) groups excluding carboxylic acids is 2. The Balaban J connectivity index is 1.51. The van der Waals surface area contributed by atoms with Gasteiger partial charge in [-0.15, -0.1) is 0 Å². The lowest BCUT2D eigenvalue weighted by molar-refractivity contribution is -0.150. The van der Waals surface area contributed by atoms with Gasteiger partial charge in [-0.25, -0.2) is 4.79 Å². The SMILES string of the molecule is CC(=CC(O)CC(C1CCCCC1)C1CC(O)C2(C)C3=C4C(=O)CC12CCCCCC41CCC(=O)C(C)(C)C1CC3O)C(=O)O. The van der Waals surface area contributed by atoms with Crippen LogP contribution in [0.25, 0.3) is 0 Å². The molecule has 0 aromatic rings. The molecule has 0 heterocycles. The number of aliphatic carboxylic acids is 1. The van der Waals surface area contributed by atoms with Gasteiger partial charge in [0.2, 0.25) is 0 Å². The largest absolute Gasteiger partial charge is 0.478 e. The van der Waals surface area contributed by atoms with E-state index in [0.717, 1.165) is 68.9 Å². The molecule has 45 heavy (non-hydrogen) atoms. The predicted octanol–water partition coefficient (Wildman–Crippen LogP) is 6.33. The minimum absolute atomic E-state index is 0.0289. The van der Waals surface area contributed by atoms with Gasteiger partial charge >= 0.3 is 5.97 Å². The Morgan fingerprint density at radius 2 is 1.62 bits per heavy atom. The summed E-state index contributed by atoms with van der Waals surface area (Å²) in [5.41, 5.74) is -0.750. The third kappa shape index (κ3) is 4.87. The number of aliphatic hydroxyl groups excluding tert-OH is 3. The molecule has 6 aliphatic carbocycles. The summed E-state index contributed by atoms with van der Waals surface area (Å²) in [6.07, 6.45) is 11.8. The van der Waals surface area contributed by atoms with Crippen LogP contribution in [-0.2, 0) is 14.4 Å². The van der Waals surface area contributed by atoms with E-state index >= 15 is 0 Å². The van der Waals surface area contributed by atoms with Gasteiger partial charge in [0.05, 0.1) is 18.3 Å². The molecule has 4 saturated carbocycles. The molecule has 0 saturated heterocycles. The molecule has 9 atom stereocenters. The van der Waals surface area contributed by atoms with Crippen molar-refractivity contribution in [1.29, 1.82) is 0 Å². The number of carboxylic acids is 1. The van der Waals surface area contributed by atoms with Crippen molar-refractivity contribution in [3.05, 3.63) is 22.8 Å². The number of rotatable bonds is 6. The maximum atomic E-state index is 14.9. The molecule has 0 aromatic heterocycles. The molecule has 7 heteroatoms. The Bertz CT molecular complexity index is 1290. The first-order valence-electron chi connectivity index (χ1n) is 18.0. The van der Waals surface area contributed by atoms with Crippen molar-refractivity contribution in [3.63, 3.8) is 0 Å². The summed E-state index contributed by atoms with van der Waals surface area (Å²) in [6, 6.07) is 0. The van der Waals surface area contributed by atoms with Crippen LogP contribution < -0.4 is 0 Å². The lowest BCUT2D eigenvalue weighted by Crippen LogP contribution is -2.62. The zero-order valence-corrected chi connectivity index (χ0v) is 27.9. The number of fused-ring (bicyclic) bond motifs is 2. The molecule has 0 amide bonds. The minimum atomic E-state index is -1.04. The predicted molar refractivity (Wildman–Crippen MR) is 171 cm³/mol. The average Bonchev–Trinajstić information content (AvgIpc) is 3.21. The molecule has 0 aliphatic heterocycles. The molecule has 0 radical (unpaired) electrons. The van der Waals surface area contributed by atoms with Crippen molar-refractivity contribution in [1.82, 2.24) is 0 Å². The second-order valence-corrected chi connectivity index (χ2v) is 16.8. The van der Waals surface area contributed by atoms with Crippen molar-refractivity contribution in [2.45, 2.75) is 149 Å². The highest BCUT2D eigenvalue weighted by molar-refractivity contribution is 6.01. The average molecular weight is 625 g/mol. The summed E-state index contributed by atoms with van der Waals surface area (Å²) in [5.74, 6) is -0.486. The Morgan fingerprint density at radius 1 is 0.956 bits per heavy atom. The number of hydrogen-bond acceptors (Lipinski definition) is 6. The van der Waals surface area contributed by atoms with E-state index in [1.165, 1.54) is 19.4 Å². The second kappa shape index (κ2) is 11.7. The third-order valence-electron chi connectivity index (χ3n) is 14.6. The minimum Gasteiger partial charge on any atom is -0.478 e. The lowest BCUT2D eigenvalue weighted by atomic mass is 9.40. The molecule has 7 nitrogen and oxygen atoms in total. The molecular formula is C38H56O7. The third-order valence-corrected chi connectivity index (χ3v) is 14.6. The first kappa shape index (κ1) is 33.1. The van der Waals surface area contributed by atoms with Crippen LogP contribution in [0.4, 0.5) is 0 Å². The normalized spacial score (nSPS) is 41.8. The lowest BCUT2D eigenvalue weighted by Gasteiger charge is -2.63. The molecular weight excluding hydrogens is 568 g/mol. The molecule has 4 fully saturated rings. The molecule has 2 spiro atoms. The monoisotopic (exact) mass is 624 g/mol. The first-order valence-corrected chi connectivity index (χ1v) is 18.0. The van der Waals surface area contributed by atoms with E-state index < -0.39 is 45.9 Å². The van der Waals surface area contributed by atoms with Crippen LogP contribution in [0.5, 0.6) is 0 Å². The van der Waals surface area contributed by atoms with Crippen LogP contribution in [0.2, 0.25) is 0 Å². The van der Waals surface area contributed by atoms with Crippen molar-refractivity contribution in [2.75, 3.05) is 0 Å². The highest BCUT2D eigenvalue weighted by Gasteiger charge is 2.72. The molecule has 9 unspecified atom stereocenters. The number of Topliss-reactive ketones (excluding diaryl/α,β-unsaturated/α-hetero) is 2. The van der Waals surface area contributed by atoms with Gasteiger partial charge in [-0.05, 0) is 86.2 Å². The molecule has 6 aliphatic rings. The molecule has 6 rings (SSSR count). The number of allylic oxidation sites excluding steroid dienone is 1. The van der Waals surface area contributed by atoms with Gasteiger partial charge in [0.1, 0.15) is 5.78 Å². The van der Waals surface area contributed by atoms with E-state index in [4.69, 9.17) is 0 Å². The molecule has 2 bridgehead atoms. The van der Waals surface area contributed by atoms with Crippen molar-refractivity contribution < 1.29 is 34.8 Å². The van der Waals surface area contributed by atoms with E-state index in [1.54, 1.807) is 0 Å². The number of aliphatic hydroxyl groups is 3. The van der Waals surface area contributed by atoms with Crippen molar-refractivity contribution in [3.8, 4) is 0 Å². The van der Waals surface area contributed by atoms with Crippen LogP contribution in [0.3, 0.4) is 0 Å². The number of hydrogen-bond donors (Lipinski definition) is 4. The molecule has 0 aromatic carbocycles. The number of carbonyl (C=O) groups is 3. The fourth-order valence-electron chi connectivity index (χ4n) is 12.5. The number of carboxylic acid groups (broad SMARTS) is 1. The highest BCUT2D eigenvalue weighted by atomic mass is 16.4. The van der Waals surface area contributed by atoms with Gasteiger partial charge in [-0.2, -0.15) is 0 Å². The van der Waals surface area contributed by atoms with Gasteiger partial charge in [0.25, 0.3) is 0 Å². The van der Waals surface area contributed by atoms with Crippen molar-refractivity contribution >= 4 is 17.5 Å². The Hall–Kier alpha value is -1.83. The van der Waals surface area contributed by atoms with E-state index in [-0.39, 0.29) is 34.9 Å². The van der Waals surface area contributed by atoms with Gasteiger partial charge in [0.15, 0.2) is 5.78 Å². The van der Waals surface area contributed by atoms with Crippen LogP contribution in [0.1, 0.15) is 130 Å². The maximum absolute atomic E-state index is 14.9. The van der Waals surface area contributed by atoms with Crippen LogP contribution in [0, 0.1) is 45.3 Å². The van der Waals surface area contributed by atoms with Crippen molar-refractivity contribution in [2.24, 2.45) is 45.3 Å². The zero-order valence-electron chi connectivity index (χ0n) is 27.9. The summed E-state index contributed by atoms with van der Waals surface area (Å²) in [4.78, 5) is 39.8. The van der Waals surface area contributed by atoms with E-state index in [9.17, 15) is 34.8 Å². The maximum Gasteiger partial charge on any atom is 0.331 e. The standard InChI is InChI=1S/C38H56O7/c1-22(34(44)45)17-24(39)18-25(23-11-7-5-8-12-23)26-19-31(43)36(4)32-27(40)20-29-35(2,3)30(42)13-16-37(29)14-9-6-10-15-38(26,36)21-28(41)33(32)37/h17,23-27,29,31,39-40,43H,5-16,18-21H2,1-4H3,(H,44,45). The smallest absolute Gasteiger partial charge is 0.331 e. The van der Waals surface area contributed by atoms with E-state index in [0.29, 0.717) is 44.4 Å². The zero-order chi connectivity index (χ0) is 32.5. The van der Waals surface area contributed by atoms with E-state index in [2.05, 4.69) is 6.92 Å². The van der Waals surface area contributed by atoms with Crippen LogP contribution >= 0.6 is 0 Å². The summed E-state index contributed by atoms with van der Waals surface area (Å²) < 4.78 is 0. The molecule has 250 valence electrons. The van der Waals surface area contributed by atoms with Gasteiger partial charge in [0, 0.05) is 40.2 Å². The van der Waals surface area contributed by atoms with Gasteiger partial charge in [-0.3, -0.25) is 9.59 Å². The molecule has 4 N–H and O–H groups in total. The Labute approximate surface area is 268 Å². The quantitative estimate of drug-likeness (QED) is 0.254. The van der Waals surface area contributed by atoms with Crippen LogP contribution in [0.15, 0.2) is 22.8 Å². The Kier molecular flexibility index (Phi) is 8.60. The summed E-state index contributed by atoms with van der Waals surface area (Å²) in [5, 5.41) is 45.3. The summed E-state index contributed by atoms with van der Waals surface area (Å²) in [7, 11) is 0. The fourth-order valence-corrected chi connectivity index (χ4v) is 12.5. The van der Waals surface area contributed by atoms with Gasteiger partial charge in [-0.1, -0.05) is 72.1 Å². The fraction of sp³-hybridized carbons (Fsp3) is 0.816. The highest BCUT2D eigenvalue weighted by Crippen LogP contribution is 2.74.